The van der Waals surface area contributed by atoms with Crippen LogP contribution >= 0.6 is 0 Å². The first kappa shape index (κ1) is 58.1. The van der Waals surface area contributed by atoms with Gasteiger partial charge in [0.2, 0.25) is 0 Å². The van der Waals surface area contributed by atoms with E-state index in [1.807, 2.05) is 18.2 Å². The SMILES string of the molecule is C=C(C)[C@@H]1CC[C@]2(CO[Si](c3ccccc3)(c3ccccc3)C(C)(C)C)CC[C@]3(C)[C@H](CC[C@@H]4[C@@]5(C)CC[C@H](O[C@@H]6OC[C@H](OC(=O)c7ccccc7)[C@H](OC(=O)c7ccccc7)[C@H]6OC(=O)c6ccccc6)C(C)(C)[C@@H]5CC[C@]43C)[C@@H]12. The smallest absolute Gasteiger partial charge is 0.338 e. The van der Waals surface area contributed by atoms with Gasteiger partial charge in [0.15, 0.2) is 24.6 Å². The van der Waals surface area contributed by atoms with Crippen LogP contribution in [-0.4, -0.2) is 70.1 Å². The van der Waals surface area contributed by atoms with Crippen LogP contribution in [0.3, 0.4) is 0 Å². The number of fused-ring (bicyclic) bond motifs is 7. The fourth-order valence-electron chi connectivity index (χ4n) is 18.5. The Kier molecular flexibility index (Phi) is 15.9. The van der Waals surface area contributed by atoms with Crippen molar-refractivity contribution in [2.45, 2.75) is 162 Å². The van der Waals surface area contributed by atoms with Gasteiger partial charge in [0, 0.05) is 6.61 Å². The number of ether oxygens (including phenoxy) is 5. The highest BCUT2D eigenvalue weighted by molar-refractivity contribution is 6.99. The lowest BCUT2D eigenvalue weighted by molar-refractivity contribution is -0.310. The fourth-order valence-corrected chi connectivity index (χ4v) is 23.1. The van der Waals surface area contributed by atoms with Crippen LogP contribution in [0, 0.1) is 56.7 Å². The molecule has 82 heavy (non-hydrogen) atoms. The van der Waals surface area contributed by atoms with Crippen molar-refractivity contribution in [3.63, 3.8) is 0 Å². The molecular formula is C72H88O9Si. The van der Waals surface area contributed by atoms with E-state index in [9.17, 15) is 14.4 Å². The first-order valence-corrected chi connectivity index (χ1v) is 32.5. The molecule has 0 bridgehead atoms. The molecule has 6 fully saturated rings. The standard InChI is InChI=1S/C72H88O9Si/c1-48(2)54-38-43-72(47-77-82(67(3,4)5,52-32-22-14-23-33-52)53-34-24-15-25-35-53)45-44-70(9)55(60(54)72)36-37-58-69(8)41-40-59(68(6,7)57(69)39-42-71(58,70)10)79-66-62(81-65(75)51-30-20-13-21-31-51)61(80-64(74)50-28-18-12-19-29-50)56(46-76-66)78-63(73)49-26-16-11-17-27-49/h11-35,54-62,66H,1,36-47H2,2-10H3/t54-,55+,56-,57-,58+,59-,60+,61-,62+,66-,69-,70+,71+,72+/m0/s1. The first-order chi connectivity index (χ1) is 39.2. The molecule has 5 aliphatic carbocycles. The highest BCUT2D eigenvalue weighted by Crippen LogP contribution is 2.78. The van der Waals surface area contributed by atoms with E-state index >= 15 is 0 Å². The van der Waals surface area contributed by atoms with Crippen molar-refractivity contribution in [2.75, 3.05) is 13.2 Å². The van der Waals surface area contributed by atoms with Gasteiger partial charge in [-0.3, -0.25) is 0 Å². The van der Waals surface area contributed by atoms with Crippen molar-refractivity contribution in [1.82, 2.24) is 0 Å². The van der Waals surface area contributed by atoms with Crippen LogP contribution in [0.15, 0.2) is 164 Å². The summed E-state index contributed by atoms with van der Waals surface area (Å²) in [4.78, 5) is 42.0. The second kappa shape index (κ2) is 22.4. The van der Waals surface area contributed by atoms with Gasteiger partial charge in [-0.2, -0.15) is 0 Å². The lowest BCUT2D eigenvalue weighted by atomic mass is 9.32. The number of hydrogen-bond acceptors (Lipinski definition) is 9. The zero-order valence-electron chi connectivity index (χ0n) is 50.1. The molecule has 0 aromatic heterocycles. The number of benzene rings is 5. The van der Waals surface area contributed by atoms with Crippen molar-refractivity contribution in [3.8, 4) is 0 Å². The third-order valence-electron chi connectivity index (χ3n) is 22.6. The third-order valence-corrected chi connectivity index (χ3v) is 27.6. The van der Waals surface area contributed by atoms with Crippen LogP contribution in [-0.2, 0) is 28.1 Å². The molecule has 6 aliphatic rings. The minimum absolute atomic E-state index is 0.0335. The number of allylic oxidation sites excluding steroid dienone is 1. The molecule has 5 aromatic rings. The van der Waals surface area contributed by atoms with Crippen LogP contribution in [0.25, 0.3) is 0 Å². The Labute approximate surface area is 489 Å². The normalized spacial score (nSPS) is 34.0. The molecule has 1 heterocycles. The third kappa shape index (κ3) is 9.96. The number of hydrogen-bond donors (Lipinski definition) is 0. The molecule has 0 amide bonds. The second-order valence-corrected chi connectivity index (χ2v) is 32.3. The monoisotopic (exact) mass is 1120 g/mol. The van der Waals surface area contributed by atoms with Crippen molar-refractivity contribution in [2.24, 2.45) is 56.7 Å². The number of carbonyl (C=O) groups is 3. The molecule has 5 aromatic carbocycles. The minimum atomic E-state index is -2.79. The molecule has 14 atom stereocenters. The van der Waals surface area contributed by atoms with E-state index in [2.05, 4.69) is 123 Å². The van der Waals surface area contributed by atoms with Crippen LogP contribution in [0.2, 0.25) is 5.04 Å². The zero-order valence-corrected chi connectivity index (χ0v) is 51.1. The lowest BCUT2D eigenvalue weighted by Crippen LogP contribution is -2.69. The molecule has 0 spiro atoms. The summed E-state index contributed by atoms with van der Waals surface area (Å²) in [6.45, 7) is 27.7. The van der Waals surface area contributed by atoms with E-state index in [4.69, 9.17) is 34.7 Å². The van der Waals surface area contributed by atoms with E-state index in [1.54, 1.807) is 72.8 Å². The maximum atomic E-state index is 14.2. The van der Waals surface area contributed by atoms with Gasteiger partial charge in [0.25, 0.3) is 8.32 Å². The van der Waals surface area contributed by atoms with Crippen molar-refractivity contribution >= 4 is 36.6 Å². The summed E-state index contributed by atoms with van der Waals surface area (Å²) in [7, 11) is -2.79. The van der Waals surface area contributed by atoms with Crippen molar-refractivity contribution in [1.29, 1.82) is 0 Å². The quantitative estimate of drug-likeness (QED) is 0.0353. The summed E-state index contributed by atoms with van der Waals surface area (Å²) in [6.07, 6.45) is 5.98. The molecule has 0 unspecified atom stereocenters. The highest BCUT2D eigenvalue weighted by atomic mass is 28.4. The predicted octanol–water partition coefficient (Wildman–Crippen LogP) is 14.6. The fraction of sp³-hybridized carbons (Fsp3) is 0.514. The van der Waals surface area contributed by atoms with Gasteiger partial charge in [0.1, 0.15) is 0 Å². The van der Waals surface area contributed by atoms with E-state index in [-0.39, 0.29) is 44.8 Å². The van der Waals surface area contributed by atoms with E-state index in [0.717, 1.165) is 32.3 Å². The summed E-state index contributed by atoms with van der Waals surface area (Å²) in [5, 5.41) is 2.59. The summed E-state index contributed by atoms with van der Waals surface area (Å²) in [5.41, 5.74) is 2.31. The number of esters is 3. The summed E-state index contributed by atoms with van der Waals surface area (Å²) < 4.78 is 40.8. The number of rotatable bonds is 14. The maximum Gasteiger partial charge on any atom is 0.338 e. The summed E-state index contributed by atoms with van der Waals surface area (Å²) in [6, 6.07) is 48.4. The Hall–Kier alpha value is -5.65. The van der Waals surface area contributed by atoms with Gasteiger partial charge < -0.3 is 28.1 Å². The molecule has 434 valence electrons. The average Bonchev–Trinajstić information content (AvgIpc) is 1.45. The van der Waals surface area contributed by atoms with Crippen LogP contribution in [0.1, 0.15) is 158 Å². The Bertz CT molecular complexity index is 3030. The minimum Gasteiger partial charge on any atom is -0.452 e. The zero-order chi connectivity index (χ0) is 57.9. The Balaban J connectivity index is 0.869. The Morgan fingerprint density at radius 3 is 1.61 bits per heavy atom. The summed E-state index contributed by atoms with van der Waals surface area (Å²) in [5.74, 6) is 0.468. The van der Waals surface area contributed by atoms with E-state index in [1.165, 1.54) is 54.5 Å². The van der Waals surface area contributed by atoms with Crippen LogP contribution in [0.5, 0.6) is 0 Å². The Morgan fingerprint density at radius 1 is 0.573 bits per heavy atom. The summed E-state index contributed by atoms with van der Waals surface area (Å²) >= 11 is 0. The maximum absolute atomic E-state index is 14.2. The lowest BCUT2D eigenvalue weighted by Gasteiger charge is -2.73. The van der Waals surface area contributed by atoms with Crippen LogP contribution < -0.4 is 10.4 Å². The van der Waals surface area contributed by atoms with Crippen LogP contribution in [0.4, 0.5) is 0 Å². The topological polar surface area (TPSA) is 107 Å². The van der Waals surface area contributed by atoms with Gasteiger partial charge in [-0.25, -0.2) is 14.4 Å². The van der Waals surface area contributed by atoms with Gasteiger partial charge >= 0.3 is 17.9 Å². The van der Waals surface area contributed by atoms with Gasteiger partial charge in [-0.1, -0.05) is 183 Å². The molecular weight excluding hydrogens is 1040 g/mol. The van der Waals surface area contributed by atoms with Gasteiger partial charge in [0.05, 0.1) is 29.4 Å². The Morgan fingerprint density at radius 2 is 1.09 bits per heavy atom. The molecule has 10 heteroatoms. The van der Waals surface area contributed by atoms with Crippen molar-refractivity contribution in [3.05, 3.63) is 181 Å². The largest absolute Gasteiger partial charge is 0.452 e. The highest BCUT2D eigenvalue weighted by Gasteiger charge is 2.71. The van der Waals surface area contributed by atoms with Gasteiger partial charge in [-0.15, -0.1) is 0 Å². The molecule has 1 saturated heterocycles. The molecule has 0 N–H and O–H groups in total. The number of carbonyl (C=O) groups excluding carboxylic acids is 3. The second-order valence-electron chi connectivity index (χ2n) is 28.0. The molecule has 0 radical (unpaired) electrons. The molecule has 9 nitrogen and oxygen atoms in total. The first-order valence-electron chi connectivity index (χ1n) is 30.6. The average molecular weight is 1130 g/mol. The molecule has 1 aliphatic heterocycles. The van der Waals surface area contributed by atoms with E-state index < -0.39 is 50.8 Å². The molecule has 11 rings (SSSR count). The predicted molar refractivity (Wildman–Crippen MR) is 324 cm³/mol. The molecule has 5 saturated carbocycles. The van der Waals surface area contributed by atoms with E-state index in [0.29, 0.717) is 46.3 Å². The van der Waals surface area contributed by atoms with Crippen molar-refractivity contribution < 1.29 is 42.5 Å². The van der Waals surface area contributed by atoms with Gasteiger partial charge in [-0.05, 0) is 180 Å².